The van der Waals surface area contributed by atoms with Gasteiger partial charge in [-0.1, -0.05) is 29.5 Å². The molecule has 4 aromatic rings. The second-order valence-corrected chi connectivity index (χ2v) is 10.2. The highest BCUT2D eigenvalue weighted by Crippen LogP contribution is 2.28. The number of rotatable bonds is 5. The van der Waals surface area contributed by atoms with Crippen LogP contribution in [0.1, 0.15) is 42.5 Å². The van der Waals surface area contributed by atoms with Crippen molar-refractivity contribution < 1.29 is 4.79 Å². The van der Waals surface area contributed by atoms with E-state index in [-0.39, 0.29) is 17.4 Å². The van der Waals surface area contributed by atoms with Gasteiger partial charge in [0.1, 0.15) is 0 Å². The minimum atomic E-state index is -0.00772. The Morgan fingerprint density at radius 2 is 2.00 bits per heavy atom. The lowest BCUT2D eigenvalue weighted by Crippen LogP contribution is -2.41. The summed E-state index contributed by atoms with van der Waals surface area (Å²) in [5.74, 6) is 0.149. The summed E-state index contributed by atoms with van der Waals surface area (Å²) in [6.07, 6.45) is 8.24. The van der Waals surface area contributed by atoms with E-state index >= 15 is 0 Å². The molecular weight excluding hydrogens is 448 g/mol. The highest BCUT2D eigenvalue weighted by atomic mass is 32.1. The lowest BCUT2D eigenvalue weighted by Gasteiger charge is -2.30. The maximum absolute atomic E-state index is 12.9. The molecule has 2 aliphatic rings. The van der Waals surface area contributed by atoms with Gasteiger partial charge in [-0.05, 0) is 56.6 Å². The van der Waals surface area contributed by atoms with Crippen molar-refractivity contribution in [1.82, 2.24) is 24.9 Å². The normalized spacial score (nSPS) is 16.8. The number of para-hydroxylation sites is 1. The highest BCUT2D eigenvalue weighted by Gasteiger charge is 2.27. The van der Waals surface area contributed by atoms with Crippen LogP contribution in [0, 0.1) is 5.92 Å². The maximum atomic E-state index is 12.9. The minimum absolute atomic E-state index is 0.00772. The summed E-state index contributed by atoms with van der Waals surface area (Å²) >= 11 is 1.48. The number of aryl methyl sites for hydroxylation is 1. The monoisotopic (exact) mass is 476 g/mol. The zero-order valence-electron chi connectivity index (χ0n) is 19.0. The number of carbonyl (C=O) groups excluding carboxylic acids is 1. The third-order valence-electron chi connectivity index (χ3n) is 7.17. The molecule has 0 spiro atoms. The highest BCUT2D eigenvalue weighted by molar-refractivity contribution is 7.20. The zero-order chi connectivity index (χ0) is 23.1. The van der Waals surface area contributed by atoms with Crippen LogP contribution in [-0.4, -0.2) is 45.1 Å². The number of nitrogens with zero attached hydrogens (tertiary/aromatic N) is 4. The van der Waals surface area contributed by atoms with E-state index in [0.717, 1.165) is 79.9 Å². The predicted molar refractivity (Wildman–Crippen MR) is 134 cm³/mol. The number of hydrogen-bond donors (Lipinski definition) is 2. The van der Waals surface area contributed by atoms with Crippen LogP contribution in [0.3, 0.4) is 0 Å². The van der Waals surface area contributed by atoms with Gasteiger partial charge in [0.2, 0.25) is 16.0 Å². The fourth-order valence-corrected chi connectivity index (χ4v) is 6.19. The zero-order valence-corrected chi connectivity index (χ0v) is 19.9. The maximum Gasteiger partial charge on any atom is 0.278 e. The molecule has 4 heterocycles. The molecule has 1 aliphatic carbocycles. The third kappa shape index (κ3) is 3.87. The van der Waals surface area contributed by atoms with Gasteiger partial charge in [-0.2, -0.15) is 4.52 Å². The van der Waals surface area contributed by atoms with Crippen molar-refractivity contribution in [1.29, 1.82) is 0 Å². The van der Waals surface area contributed by atoms with Gasteiger partial charge >= 0.3 is 0 Å². The van der Waals surface area contributed by atoms with Crippen molar-refractivity contribution in [2.45, 2.75) is 44.9 Å². The first-order valence-electron chi connectivity index (χ1n) is 12.2. The molecule has 2 N–H and O–H groups in total. The van der Waals surface area contributed by atoms with Gasteiger partial charge in [-0.3, -0.25) is 9.59 Å². The second-order valence-electron chi connectivity index (χ2n) is 9.29. The lowest BCUT2D eigenvalue weighted by atomic mass is 9.96. The van der Waals surface area contributed by atoms with Crippen molar-refractivity contribution >= 4 is 38.2 Å². The molecule has 6 rings (SSSR count). The number of benzene rings is 1. The van der Waals surface area contributed by atoms with Crippen LogP contribution in [-0.2, 0) is 24.1 Å². The number of fused-ring (bicyclic) bond motifs is 3. The number of carbonyl (C=O) groups is 1. The molecule has 176 valence electrons. The number of H-pyrrole nitrogens is 1. The molecule has 3 aromatic heterocycles. The fraction of sp³-hybridized carbons (Fsp3) is 0.440. The number of nitrogens with one attached hydrogen (secondary N) is 2. The number of anilines is 1. The Kier molecular flexibility index (Phi) is 5.57. The molecule has 0 saturated carbocycles. The molecular formula is C25H28N6O2S. The van der Waals surface area contributed by atoms with Crippen molar-refractivity contribution in [3.8, 4) is 0 Å². The standard InChI is InChI=1S/C25H28N6O2S/c32-22(26-12-9-17-15-27-20-7-3-1-5-18(17)20)16-10-13-30(14-11-16)25-29-31-23(33)19-6-2-4-8-21(19)28-24(31)34-25/h1,3,5,7,15-16,27H,2,4,6,8-14H2,(H,26,32). The van der Waals surface area contributed by atoms with Crippen LogP contribution in [0.5, 0.6) is 0 Å². The average molecular weight is 477 g/mol. The number of hydrogen-bond acceptors (Lipinski definition) is 6. The first-order chi connectivity index (χ1) is 16.7. The van der Waals surface area contributed by atoms with Crippen LogP contribution in [0.15, 0.2) is 35.3 Å². The molecule has 0 bridgehead atoms. The van der Waals surface area contributed by atoms with E-state index in [2.05, 4.69) is 32.4 Å². The van der Waals surface area contributed by atoms with Gasteiger partial charge in [0.15, 0.2) is 0 Å². The molecule has 8 nitrogen and oxygen atoms in total. The average Bonchev–Trinajstić information content (AvgIpc) is 3.49. The summed E-state index contributed by atoms with van der Waals surface area (Å²) in [6, 6.07) is 8.24. The SMILES string of the molecule is O=C(NCCc1c[nH]c2ccccc12)C1CCN(c2nn3c(=O)c4c(nc3s2)CCCC4)CC1. The third-order valence-corrected chi connectivity index (χ3v) is 8.14. The van der Waals surface area contributed by atoms with Crippen LogP contribution in [0.25, 0.3) is 15.9 Å². The quantitative estimate of drug-likeness (QED) is 0.462. The van der Waals surface area contributed by atoms with E-state index in [0.29, 0.717) is 11.5 Å². The Labute approximate surface area is 201 Å². The molecule has 9 heteroatoms. The Morgan fingerprint density at radius 1 is 1.18 bits per heavy atom. The summed E-state index contributed by atoms with van der Waals surface area (Å²) in [4.78, 5) is 36.5. The molecule has 1 aromatic carbocycles. The first kappa shape index (κ1) is 21.3. The number of aromatic nitrogens is 4. The Hall–Kier alpha value is -3.20. The molecule has 34 heavy (non-hydrogen) atoms. The van der Waals surface area contributed by atoms with Gasteiger partial charge in [0.25, 0.3) is 5.56 Å². The van der Waals surface area contributed by atoms with Crippen molar-refractivity contribution in [3.63, 3.8) is 0 Å². The summed E-state index contributed by atoms with van der Waals surface area (Å²) in [5.41, 5.74) is 4.14. The van der Waals surface area contributed by atoms with E-state index in [1.165, 1.54) is 26.8 Å². The fourth-order valence-electron chi connectivity index (χ4n) is 5.23. The minimum Gasteiger partial charge on any atom is -0.361 e. The van der Waals surface area contributed by atoms with Crippen LogP contribution < -0.4 is 15.8 Å². The molecule has 1 fully saturated rings. The van der Waals surface area contributed by atoms with Gasteiger partial charge < -0.3 is 15.2 Å². The van der Waals surface area contributed by atoms with E-state index in [4.69, 9.17) is 4.98 Å². The van der Waals surface area contributed by atoms with Gasteiger partial charge in [0, 0.05) is 48.2 Å². The Morgan fingerprint density at radius 3 is 2.88 bits per heavy atom. The number of aromatic amines is 1. The number of piperidine rings is 1. The van der Waals surface area contributed by atoms with Crippen molar-refractivity contribution in [2.75, 3.05) is 24.5 Å². The molecule has 1 aliphatic heterocycles. The molecule has 1 saturated heterocycles. The van der Waals surface area contributed by atoms with Gasteiger partial charge in [-0.15, -0.1) is 5.10 Å². The van der Waals surface area contributed by atoms with Gasteiger partial charge in [-0.25, -0.2) is 4.98 Å². The van der Waals surface area contributed by atoms with Crippen molar-refractivity contribution in [2.24, 2.45) is 5.92 Å². The van der Waals surface area contributed by atoms with E-state index < -0.39 is 0 Å². The van der Waals surface area contributed by atoms with Crippen LogP contribution in [0.2, 0.25) is 0 Å². The van der Waals surface area contributed by atoms with E-state index in [1.54, 1.807) is 0 Å². The topological polar surface area (TPSA) is 95.4 Å². The smallest absolute Gasteiger partial charge is 0.278 e. The Bertz CT molecular complexity index is 1410. The molecule has 0 atom stereocenters. The van der Waals surface area contributed by atoms with Crippen LogP contribution >= 0.6 is 11.3 Å². The lowest BCUT2D eigenvalue weighted by molar-refractivity contribution is -0.125. The van der Waals surface area contributed by atoms with Crippen molar-refractivity contribution in [3.05, 3.63) is 57.6 Å². The largest absolute Gasteiger partial charge is 0.361 e. The van der Waals surface area contributed by atoms with Gasteiger partial charge in [0.05, 0.1) is 5.69 Å². The molecule has 0 radical (unpaired) electrons. The Balaban J connectivity index is 1.06. The predicted octanol–water partition coefficient (Wildman–Crippen LogP) is 3.09. The summed E-state index contributed by atoms with van der Waals surface area (Å²) in [7, 11) is 0. The van der Waals surface area contributed by atoms with E-state index in [9.17, 15) is 9.59 Å². The van der Waals surface area contributed by atoms with Crippen LogP contribution in [0.4, 0.5) is 5.13 Å². The summed E-state index contributed by atoms with van der Waals surface area (Å²) in [5, 5.41) is 9.77. The molecule has 1 amide bonds. The molecule has 0 unspecified atom stereocenters. The summed E-state index contributed by atoms with van der Waals surface area (Å²) in [6.45, 7) is 2.15. The van der Waals surface area contributed by atoms with E-state index in [1.807, 2.05) is 18.3 Å². The number of amides is 1. The summed E-state index contributed by atoms with van der Waals surface area (Å²) < 4.78 is 1.48. The first-order valence-corrected chi connectivity index (χ1v) is 13.0. The second kappa shape index (κ2) is 8.87.